The lowest BCUT2D eigenvalue weighted by molar-refractivity contribution is -0.116. The molecule has 0 unspecified atom stereocenters. The number of aryl methyl sites for hydroxylation is 1. The van der Waals surface area contributed by atoms with E-state index >= 15 is 0 Å². The SMILES string of the molecule is COc1ccc([C@H]2CC(=O)Nc3c2c(C)nn3-c2ncccn2)c(OC)c1. The van der Waals surface area contributed by atoms with Crippen LogP contribution < -0.4 is 14.8 Å². The maximum absolute atomic E-state index is 12.5. The van der Waals surface area contributed by atoms with E-state index in [1.165, 1.54) is 0 Å². The highest BCUT2D eigenvalue weighted by Gasteiger charge is 2.34. The number of fused-ring (bicyclic) bond motifs is 1. The molecule has 4 rings (SSSR count). The van der Waals surface area contributed by atoms with Crippen LogP contribution in [0.4, 0.5) is 5.82 Å². The number of benzene rings is 1. The number of nitrogens with zero attached hydrogens (tertiary/aromatic N) is 4. The van der Waals surface area contributed by atoms with Gasteiger partial charge in [0.25, 0.3) is 5.95 Å². The Morgan fingerprint density at radius 2 is 1.96 bits per heavy atom. The second kappa shape index (κ2) is 6.71. The fraction of sp³-hybridized carbons (Fsp3) is 0.263. The molecule has 1 aliphatic rings. The van der Waals surface area contributed by atoms with Gasteiger partial charge in [0.05, 0.1) is 19.9 Å². The zero-order chi connectivity index (χ0) is 19.0. The van der Waals surface area contributed by atoms with Crippen molar-refractivity contribution in [1.82, 2.24) is 19.7 Å². The molecule has 1 aliphatic heterocycles. The molecule has 0 bridgehead atoms. The highest BCUT2D eigenvalue weighted by molar-refractivity contribution is 5.95. The standard InChI is InChI=1S/C19H19N5O3/c1-11-17-14(13-6-5-12(26-2)9-15(13)27-3)10-16(25)22-18(17)24(23-11)19-20-7-4-8-21-19/h4-9,14H,10H2,1-3H3,(H,22,25)/t14-/m1/s1. The second-order valence-electron chi connectivity index (χ2n) is 6.22. The van der Waals surface area contributed by atoms with E-state index in [0.29, 0.717) is 29.7 Å². The van der Waals surface area contributed by atoms with E-state index in [-0.39, 0.29) is 11.8 Å². The Balaban J connectivity index is 1.88. The van der Waals surface area contributed by atoms with Crippen LogP contribution in [-0.4, -0.2) is 39.9 Å². The molecule has 1 atom stereocenters. The van der Waals surface area contributed by atoms with Gasteiger partial charge < -0.3 is 14.8 Å². The Bertz CT molecular complexity index is 1000. The molecular weight excluding hydrogens is 346 g/mol. The van der Waals surface area contributed by atoms with Gasteiger partial charge in [0.2, 0.25) is 5.91 Å². The number of ether oxygens (including phenoxy) is 2. The maximum Gasteiger partial charge on any atom is 0.252 e. The van der Waals surface area contributed by atoms with Gasteiger partial charge in [-0.25, -0.2) is 9.97 Å². The Kier molecular flexibility index (Phi) is 4.23. The van der Waals surface area contributed by atoms with E-state index in [1.807, 2.05) is 25.1 Å². The minimum Gasteiger partial charge on any atom is -0.497 e. The number of carbonyl (C=O) groups is 1. The highest BCUT2D eigenvalue weighted by atomic mass is 16.5. The van der Waals surface area contributed by atoms with E-state index < -0.39 is 0 Å². The van der Waals surface area contributed by atoms with Crippen molar-refractivity contribution in [3.8, 4) is 17.4 Å². The average Bonchev–Trinajstić information content (AvgIpc) is 3.03. The van der Waals surface area contributed by atoms with Gasteiger partial charge >= 0.3 is 0 Å². The van der Waals surface area contributed by atoms with Gasteiger partial charge in [-0.05, 0) is 19.1 Å². The van der Waals surface area contributed by atoms with E-state index in [9.17, 15) is 4.79 Å². The maximum atomic E-state index is 12.5. The Morgan fingerprint density at radius 1 is 1.19 bits per heavy atom. The molecule has 1 aromatic carbocycles. The molecule has 3 heterocycles. The van der Waals surface area contributed by atoms with Crippen molar-refractivity contribution in [2.45, 2.75) is 19.3 Å². The third-order valence-electron chi connectivity index (χ3n) is 4.66. The Labute approximate surface area is 156 Å². The van der Waals surface area contributed by atoms with Gasteiger partial charge in [-0.3, -0.25) is 4.79 Å². The summed E-state index contributed by atoms with van der Waals surface area (Å²) in [4.78, 5) is 21.0. The molecule has 2 aromatic heterocycles. The van der Waals surface area contributed by atoms with Crippen molar-refractivity contribution in [2.24, 2.45) is 0 Å². The van der Waals surface area contributed by atoms with Gasteiger partial charge in [-0.2, -0.15) is 9.78 Å². The lowest BCUT2D eigenvalue weighted by atomic mass is 9.85. The van der Waals surface area contributed by atoms with Crippen LogP contribution in [0.5, 0.6) is 11.5 Å². The van der Waals surface area contributed by atoms with Crippen LogP contribution in [0.1, 0.15) is 29.2 Å². The van der Waals surface area contributed by atoms with Crippen LogP contribution in [0, 0.1) is 6.92 Å². The lowest BCUT2D eigenvalue weighted by Crippen LogP contribution is -2.25. The van der Waals surface area contributed by atoms with E-state index in [4.69, 9.17) is 9.47 Å². The Hall–Kier alpha value is -3.42. The van der Waals surface area contributed by atoms with Crippen molar-refractivity contribution < 1.29 is 14.3 Å². The summed E-state index contributed by atoms with van der Waals surface area (Å²) < 4.78 is 12.4. The fourth-order valence-corrected chi connectivity index (χ4v) is 3.46. The summed E-state index contributed by atoms with van der Waals surface area (Å²) in [6.07, 6.45) is 3.58. The first-order chi connectivity index (χ1) is 13.1. The topological polar surface area (TPSA) is 91.2 Å². The van der Waals surface area contributed by atoms with Crippen LogP contribution >= 0.6 is 0 Å². The van der Waals surface area contributed by atoms with Crippen molar-refractivity contribution in [3.05, 3.63) is 53.5 Å². The number of hydrogen-bond acceptors (Lipinski definition) is 6. The third-order valence-corrected chi connectivity index (χ3v) is 4.66. The molecule has 0 spiro atoms. The molecule has 3 aromatic rings. The summed E-state index contributed by atoms with van der Waals surface area (Å²) in [6.45, 7) is 1.92. The third kappa shape index (κ3) is 2.88. The second-order valence-corrected chi connectivity index (χ2v) is 6.22. The van der Waals surface area contributed by atoms with Crippen LogP contribution in [-0.2, 0) is 4.79 Å². The molecular formula is C19H19N5O3. The molecule has 1 N–H and O–H groups in total. The van der Waals surface area contributed by atoms with Crippen molar-refractivity contribution in [3.63, 3.8) is 0 Å². The summed E-state index contributed by atoms with van der Waals surface area (Å²) in [5.41, 5.74) is 2.65. The first-order valence-corrected chi connectivity index (χ1v) is 8.51. The average molecular weight is 365 g/mol. The molecule has 8 nitrogen and oxygen atoms in total. The van der Waals surface area contributed by atoms with Crippen LogP contribution in [0.2, 0.25) is 0 Å². The van der Waals surface area contributed by atoms with Crippen LogP contribution in [0.25, 0.3) is 5.95 Å². The van der Waals surface area contributed by atoms with Gasteiger partial charge in [0.15, 0.2) is 0 Å². The molecule has 0 saturated heterocycles. The van der Waals surface area contributed by atoms with Crippen LogP contribution in [0.3, 0.4) is 0 Å². The fourth-order valence-electron chi connectivity index (χ4n) is 3.46. The minimum absolute atomic E-state index is 0.0950. The van der Waals surface area contributed by atoms with Gasteiger partial charge in [0, 0.05) is 41.9 Å². The minimum atomic E-state index is -0.188. The number of amides is 1. The first-order valence-electron chi connectivity index (χ1n) is 8.51. The van der Waals surface area contributed by atoms with E-state index in [1.54, 1.807) is 37.4 Å². The predicted molar refractivity (Wildman–Crippen MR) is 98.5 cm³/mol. The molecule has 0 fully saturated rings. The summed E-state index contributed by atoms with van der Waals surface area (Å²) in [5.74, 6) is 2.08. The molecule has 0 aliphatic carbocycles. The number of methoxy groups -OCH3 is 2. The molecule has 1 amide bonds. The largest absolute Gasteiger partial charge is 0.497 e. The van der Waals surface area contributed by atoms with Crippen LogP contribution in [0.15, 0.2) is 36.7 Å². The molecule has 8 heteroatoms. The van der Waals surface area contributed by atoms with Crippen molar-refractivity contribution in [2.75, 3.05) is 19.5 Å². The zero-order valence-corrected chi connectivity index (χ0v) is 15.3. The zero-order valence-electron chi connectivity index (χ0n) is 15.3. The molecule has 0 saturated carbocycles. The Morgan fingerprint density at radius 3 is 2.67 bits per heavy atom. The lowest BCUT2D eigenvalue weighted by Gasteiger charge is -2.25. The summed E-state index contributed by atoms with van der Waals surface area (Å²) in [5, 5.41) is 7.50. The van der Waals surface area contributed by atoms with Crippen molar-refractivity contribution in [1.29, 1.82) is 0 Å². The monoisotopic (exact) mass is 365 g/mol. The summed E-state index contributed by atoms with van der Waals surface area (Å²) >= 11 is 0. The quantitative estimate of drug-likeness (QED) is 0.764. The number of rotatable bonds is 4. The molecule has 0 radical (unpaired) electrons. The van der Waals surface area contributed by atoms with E-state index in [0.717, 1.165) is 16.8 Å². The normalized spacial score (nSPS) is 15.8. The van der Waals surface area contributed by atoms with Gasteiger partial charge in [0.1, 0.15) is 17.3 Å². The number of anilines is 1. The molecule has 138 valence electrons. The smallest absolute Gasteiger partial charge is 0.252 e. The van der Waals surface area contributed by atoms with E-state index in [2.05, 4.69) is 20.4 Å². The van der Waals surface area contributed by atoms with Gasteiger partial charge in [-0.15, -0.1) is 0 Å². The molecule has 27 heavy (non-hydrogen) atoms. The van der Waals surface area contributed by atoms with Gasteiger partial charge in [-0.1, -0.05) is 6.07 Å². The number of nitrogens with one attached hydrogen (secondary N) is 1. The number of carbonyl (C=O) groups excluding carboxylic acids is 1. The number of hydrogen-bond donors (Lipinski definition) is 1. The number of aromatic nitrogens is 4. The summed E-state index contributed by atoms with van der Waals surface area (Å²) in [7, 11) is 3.21. The summed E-state index contributed by atoms with van der Waals surface area (Å²) in [6, 6.07) is 7.35. The van der Waals surface area contributed by atoms with Crippen molar-refractivity contribution >= 4 is 11.7 Å². The highest BCUT2D eigenvalue weighted by Crippen LogP contribution is 2.43. The predicted octanol–water partition coefficient (Wildman–Crippen LogP) is 2.46. The first kappa shape index (κ1) is 17.0.